The van der Waals surface area contributed by atoms with Crippen molar-refractivity contribution in [2.45, 2.75) is 46.1 Å². The monoisotopic (exact) mass is 369 g/mol. The Kier molecular flexibility index (Phi) is 5.94. The van der Waals surface area contributed by atoms with E-state index in [9.17, 15) is 9.59 Å². The van der Waals surface area contributed by atoms with Crippen LogP contribution in [0.25, 0.3) is 5.69 Å². The largest absolute Gasteiger partial charge is 0.452 e. The number of hydrogen-bond donors (Lipinski definition) is 1. The number of nitrogens with zero attached hydrogens (tertiary/aromatic N) is 2. The zero-order valence-corrected chi connectivity index (χ0v) is 16.1. The molecular weight excluding hydrogens is 342 g/mol. The number of hydrogen-bond acceptors (Lipinski definition) is 4. The standard InChI is InChI=1S/C21H27N3O3/c1-14-5-4-6-19(16(14)3)23-20(25)13-27-21(26)17-7-9-18(10-8-17)24-15(2)11-12-22-24/h7-12,14,16,19H,4-6,13H2,1-3H3,(H,23,25)/t14-,16-,19+/m0/s1. The van der Waals surface area contributed by atoms with E-state index >= 15 is 0 Å². The molecule has 6 heteroatoms. The quantitative estimate of drug-likeness (QED) is 0.821. The van der Waals surface area contributed by atoms with Gasteiger partial charge < -0.3 is 10.1 Å². The average Bonchev–Trinajstić information content (AvgIpc) is 3.09. The fourth-order valence-corrected chi connectivity index (χ4v) is 3.63. The van der Waals surface area contributed by atoms with Gasteiger partial charge in [0.1, 0.15) is 0 Å². The van der Waals surface area contributed by atoms with E-state index in [-0.39, 0.29) is 18.6 Å². The molecule has 6 nitrogen and oxygen atoms in total. The zero-order valence-electron chi connectivity index (χ0n) is 16.1. The van der Waals surface area contributed by atoms with E-state index in [1.807, 2.05) is 25.1 Å². The zero-order chi connectivity index (χ0) is 19.4. The summed E-state index contributed by atoms with van der Waals surface area (Å²) >= 11 is 0. The number of carbonyl (C=O) groups excluding carboxylic acids is 2. The molecule has 1 aromatic carbocycles. The molecule has 1 fully saturated rings. The molecule has 1 aliphatic carbocycles. The number of benzene rings is 1. The third kappa shape index (κ3) is 4.56. The molecule has 1 aromatic heterocycles. The van der Waals surface area contributed by atoms with Gasteiger partial charge in [-0.25, -0.2) is 9.48 Å². The maximum Gasteiger partial charge on any atom is 0.338 e. The Morgan fingerprint density at radius 1 is 1.19 bits per heavy atom. The van der Waals surface area contributed by atoms with E-state index < -0.39 is 5.97 Å². The summed E-state index contributed by atoms with van der Waals surface area (Å²) in [4.78, 5) is 24.3. The fourth-order valence-electron chi connectivity index (χ4n) is 3.63. The second-order valence-corrected chi connectivity index (χ2v) is 7.45. The van der Waals surface area contributed by atoms with E-state index in [1.54, 1.807) is 23.0 Å². The molecule has 0 radical (unpaired) electrons. The van der Waals surface area contributed by atoms with Gasteiger partial charge in [0.05, 0.1) is 11.3 Å². The highest BCUT2D eigenvalue weighted by molar-refractivity contribution is 5.91. The van der Waals surface area contributed by atoms with Gasteiger partial charge in [0.25, 0.3) is 5.91 Å². The van der Waals surface area contributed by atoms with E-state index in [0.717, 1.165) is 24.2 Å². The van der Waals surface area contributed by atoms with Crippen LogP contribution in [0.1, 0.15) is 49.2 Å². The highest BCUT2D eigenvalue weighted by Gasteiger charge is 2.28. The first-order valence-corrected chi connectivity index (χ1v) is 9.53. The number of ether oxygens (including phenoxy) is 1. The van der Waals surface area contributed by atoms with Gasteiger partial charge in [-0.15, -0.1) is 0 Å². The SMILES string of the molecule is Cc1ccnn1-c1ccc(C(=O)OCC(=O)N[C@@H]2CCC[C@H](C)[C@@H]2C)cc1. The highest BCUT2D eigenvalue weighted by Crippen LogP contribution is 2.29. The summed E-state index contributed by atoms with van der Waals surface area (Å²) in [6.07, 6.45) is 5.04. The van der Waals surface area contributed by atoms with Crippen LogP contribution in [0, 0.1) is 18.8 Å². The Morgan fingerprint density at radius 2 is 1.93 bits per heavy atom. The van der Waals surface area contributed by atoms with E-state index in [0.29, 0.717) is 17.4 Å². The van der Waals surface area contributed by atoms with Crippen molar-refractivity contribution >= 4 is 11.9 Å². The van der Waals surface area contributed by atoms with Crippen LogP contribution in [0.2, 0.25) is 0 Å². The first kappa shape index (κ1) is 19.1. The Balaban J connectivity index is 1.51. The van der Waals surface area contributed by atoms with Crippen LogP contribution < -0.4 is 5.32 Å². The Hall–Kier alpha value is -2.63. The lowest BCUT2D eigenvalue weighted by Gasteiger charge is -2.34. The Labute approximate surface area is 159 Å². The molecule has 0 unspecified atom stereocenters. The lowest BCUT2D eigenvalue weighted by molar-refractivity contribution is -0.125. The molecule has 3 atom stereocenters. The molecule has 2 aromatic rings. The van der Waals surface area contributed by atoms with Crippen molar-refractivity contribution in [1.29, 1.82) is 0 Å². The van der Waals surface area contributed by atoms with E-state index in [4.69, 9.17) is 4.74 Å². The number of aromatic nitrogens is 2. The van der Waals surface area contributed by atoms with Crippen molar-refractivity contribution in [3.8, 4) is 5.69 Å². The Morgan fingerprint density at radius 3 is 2.59 bits per heavy atom. The molecule has 3 rings (SSSR count). The van der Waals surface area contributed by atoms with Gasteiger partial charge in [0, 0.05) is 17.9 Å². The van der Waals surface area contributed by atoms with Crippen molar-refractivity contribution in [1.82, 2.24) is 15.1 Å². The molecule has 1 N–H and O–H groups in total. The van der Waals surface area contributed by atoms with E-state index in [2.05, 4.69) is 24.3 Å². The predicted octanol–water partition coefficient (Wildman–Crippen LogP) is 3.28. The summed E-state index contributed by atoms with van der Waals surface area (Å²) in [5.74, 6) is 0.303. The van der Waals surface area contributed by atoms with Gasteiger partial charge >= 0.3 is 5.97 Å². The molecule has 144 valence electrons. The van der Waals surface area contributed by atoms with Crippen LogP contribution >= 0.6 is 0 Å². The average molecular weight is 369 g/mol. The van der Waals surface area contributed by atoms with Crippen molar-refractivity contribution in [3.05, 3.63) is 47.8 Å². The maximum absolute atomic E-state index is 12.2. The third-order valence-corrected chi connectivity index (χ3v) is 5.57. The lowest BCUT2D eigenvalue weighted by atomic mass is 9.78. The molecule has 0 spiro atoms. The van der Waals surface area contributed by atoms with Gasteiger partial charge in [0.15, 0.2) is 6.61 Å². The van der Waals surface area contributed by atoms with Crippen LogP contribution in [0.15, 0.2) is 36.5 Å². The van der Waals surface area contributed by atoms with Gasteiger partial charge in [-0.2, -0.15) is 5.10 Å². The molecule has 1 saturated carbocycles. The molecule has 1 heterocycles. The topological polar surface area (TPSA) is 73.2 Å². The minimum Gasteiger partial charge on any atom is -0.452 e. The molecule has 0 bridgehead atoms. The second kappa shape index (κ2) is 8.37. The number of rotatable bonds is 5. The maximum atomic E-state index is 12.2. The molecule has 0 aliphatic heterocycles. The van der Waals surface area contributed by atoms with Crippen LogP contribution in [0.3, 0.4) is 0 Å². The summed E-state index contributed by atoms with van der Waals surface area (Å²) in [6.45, 7) is 6.10. The summed E-state index contributed by atoms with van der Waals surface area (Å²) in [7, 11) is 0. The molecule has 1 aliphatic rings. The predicted molar refractivity (Wildman–Crippen MR) is 103 cm³/mol. The number of esters is 1. The third-order valence-electron chi connectivity index (χ3n) is 5.57. The van der Waals surface area contributed by atoms with Crippen molar-refractivity contribution < 1.29 is 14.3 Å². The normalized spacial score (nSPS) is 22.3. The number of amides is 1. The summed E-state index contributed by atoms with van der Waals surface area (Å²) in [5, 5.41) is 7.25. The summed E-state index contributed by atoms with van der Waals surface area (Å²) in [6, 6.07) is 9.05. The molecule has 0 saturated heterocycles. The Bertz CT molecular complexity index is 797. The van der Waals surface area contributed by atoms with Gasteiger partial charge in [-0.3, -0.25) is 4.79 Å². The smallest absolute Gasteiger partial charge is 0.338 e. The molecule has 27 heavy (non-hydrogen) atoms. The van der Waals surface area contributed by atoms with Crippen molar-refractivity contribution in [3.63, 3.8) is 0 Å². The number of nitrogens with one attached hydrogen (secondary N) is 1. The lowest BCUT2D eigenvalue weighted by Crippen LogP contribution is -2.45. The van der Waals surface area contributed by atoms with Crippen LogP contribution in [-0.4, -0.2) is 34.3 Å². The first-order valence-electron chi connectivity index (χ1n) is 9.53. The van der Waals surface area contributed by atoms with Crippen LogP contribution in [-0.2, 0) is 9.53 Å². The molecule has 1 amide bonds. The van der Waals surface area contributed by atoms with Crippen LogP contribution in [0.5, 0.6) is 0 Å². The number of carbonyl (C=O) groups is 2. The highest BCUT2D eigenvalue weighted by atomic mass is 16.5. The minimum atomic E-state index is -0.501. The van der Waals surface area contributed by atoms with Gasteiger partial charge in [-0.1, -0.05) is 26.7 Å². The second-order valence-electron chi connectivity index (χ2n) is 7.45. The van der Waals surface area contributed by atoms with E-state index in [1.165, 1.54) is 6.42 Å². The van der Waals surface area contributed by atoms with Gasteiger partial charge in [0.2, 0.25) is 0 Å². The van der Waals surface area contributed by atoms with Crippen molar-refractivity contribution in [2.75, 3.05) is 6.61 Å². The van der Waals surface area contributed by atoms with Crippen molar-refractivity contribution in [2.24, 2.45) is 11.8 Å². The number of aryl methyl sites for hydroxylation is 1. The van der Waals surface area contributed by atoms with Gasteiger partial charge in [-0.05, 0) is 55.5 Å². The first-order chi connectivity index (χ1) is 13.0. The minimum absolute atomic E-state index is 0.163. The summed E-state index contributed by atoms with van der Waals surface area (Å²) in [5.41, 5.74) is 2.29. The summed E-state index contributed by atoms with van der Waals surface area (Å²) < 4.78 is 6.96. The fraction of sp³-hybridized carbons (Fsp3) is 0.476. The molecular formula is C21H27N3O3. The van der Waals surface area contributed by atoms with Crippen LogP contribution in [0.4, 0.5) is 0 Å².